The summed E-state index contributed by atoms with van der Waals surface area (Å²) in [4.78, 5) is 28.8. The van der Waals surface area contributed by atoms with Crippen LogP contribution in [-0.2, 0) is 6.54 Å². The first-order valence-electron chi connectivity index (χ1n) is 8.58. The molecule has 5 nitrogen and oxygen atoms in total. The Morgan fingerprint density at radius 1 is 1.04 bits per heavy atom. The average molecular weight is 350 g/mol. The summed E-state index contributed by atoms with van der Waals surface area (Å²) in [6.45, 7) is 2.84. The van der Waals surface area contributed by atoms with Crippen LogP contribution in [0.25, 0.3) is 11.0 Å². The van der Waals surface area contributed by atoms with Crippen molar-refractivity contribution in [1.29, 1.82) is 0 Å². The third-order valence-electron chi connectivity index (χ3n) is 4.37. The van der Waals surface area contributed by atoms with Crippen molar-refractivity contribution in [2.45, 2.75) is 13.5 Å². The van der Waals surface area contributed by atoms with Crippen LogP contribution in [0.15, 0.2) is 63.8 Å². The molecule has 0 atom stereocenters. The van der Waals surface area contributed by atoms with E-state index in [4.69, 9.17) is 4.42 Å². The summed E-state index contributed by atoms with van der Waals surface area (Å²) in [6, 6.07) is 16.8. The average Bonchev–Trinajstić information content (AvgIpc) is 2.65. The minimum atomic E-state index is -0.602. The van der Waals surface area contributed by atoms with E-state index in [0.29, 0.717) is 18.7 Å². The Hall–Kier alpha value is -3.08. The second kappa shape index (κ2) is 7.44. The number of nitrogens with zero attached hydrogens (tertiary/aromatic N) is 2. The van der Waals surface area contributed by atoms with Crippen molar-refractivity contribution in [1.82, 2.24) is 4.90 Å². The van der Waals surface area contributed by atoms with E-state index in [2.05, 4.69) is 0 Å². The van der Waals surface area contributed by atoms with Gasteiger partial charge in [-0.3, -0.25) is 4.79 Å². The van der Waals surface area contributed by atoms with Crippen LogP contribution in [-0.4, -0.2) is 31.4 Å². The van der Waals surface area contributed by atoms with Crippen molar-refractivity contribution < 1.29 is 9.21 Å². The van der Waals surface area contributed by atoms with E-state index in [1.54, 1.807) is 23.1 Å². The third-order valence-corrected chi connectivity index (χ3v) is 4.37. The molecule has 3 rings (SSSR count). The van der Waals surface area contributed by atoms with Gasteiger partial charge in [0.25, 0.3) is 5.91 Å². The SMILES string of the molecule is CCN(Cc1ccc(N(C)C)cc1)C(=O)c1cc2ccccc2oc1=O. The molecule has 0 aliphatic heterocycles. The number of hydrogen-bond donors (Lipinski definition) is 0. The Balaban J connectivity index is 1.87. The van der Waals surface area contributed by atoms with Gasteiger partial charge in [0.1, 0.15) is 11.1 Å². The van der Waals surface area contributed by atoms with Gasteiger partial charge in [0.05, 0.1) is 0 Å². The van der Waals surface area contributed by atoms with Crippen molar-refractivity contribution in [3.05, 3.63) is 76.1 Å². The van der Waals surface area contributed by atoms with Crippen LogP contribution in [0.3, 0.4) is 0 Å². The highest BCUT2D eigenvalue weighted by Crippen LogP contribution is 2.17. The van der Waals surface area contributed by atoms with Crippen molar-refractivity contribution in [3.63, 3.8) is 0 Å². The van der Waals surface area contributed by atoms with Gasteiger partial charge in [-0.25, -0.2) is 4.79 Å². The van der Waals surface area contributed by atoms with Gasteiger partial charge in [-0.1, -0.05) is 30.3 Å². The fourth-order valence-electron chi connectivity index (χ4n) is 2.83. The van der Waals surface area contributed by atoms with Crippen LogP contribution < -0.4 is 10.5 Å². The molecule has 3 aromatic rings. The largest absolute Gasteiger partial charge is 0.422 e. The second-order valence-corrected chi connectivity index (χ2v) is 6.37. The molecule has 0 fully saturated rings. The van der Waals surface area contributed by atoms with Gasteiger partial charge in [0.15, 0.2) is 0 Å². The summed E-state index contributed by atoms with van der Waals surface area (Å²) in [7, 11) is 3.96. The molecule has 1 amide bonds. The van der Waals surface area contributed by atoms with Gasteiger partial charge in [-0.15, -0.1) is 0 Å². The fraction of sp³-hybridized carbons (Fsp3) is 0.238. The monoisotopic (exact) mass is 350 g/mol. The smallest absolute Gasteiger partial charge is 0.349 e. The van der Waals surface area contributed by atoms with Crippen LogP contribution >= 0.6 is 0 Å². The second-order valence-electron chi connectivity index (χ2n) is 6.37. The van der Waals surface area contributed by atoms with Gasteiger partial charge in [-0.05, 0) is 36.8 Å². The lowest BCUT2D eigenvalue weighted by molar-refractivity contribution is 0.0748. The number of para-hydroxylation sites is 1. The van der Waals surface area contributed by atoms with Crippen molar-refractivity contribution in [2.24, 2.45) is 0 Å². The molecule has 0 aliphatic rings. The predicted molar refractivity (Wildman–Crippen MR) is 104 cm³/mol. The van der Waals surface area contributed by atoms with Gasteiger partial charge in [-0.2, -0.15) is 0 Å². The Morgan fingerprint density at radius 2 is 1.73 bits per heavy atom. The molecule has 5 heteroatoms. The molecule has 0 radical (unpaired) electrons. The number of amides is 1. The van der Waals surface area contributed by atoms with E-state index in [1.807, 2.05) is 62.3 Å². The number of hydrogen-bond acceptors (Lipinski definition) is 4. The zero-order valence-corrected chi connectivity index (χ0v) is 15.2. The van der Waals surface area contributed by atoms with Gasteiger partial charge in [0.2, 0.25) is 0 Å². The van der Waals surface area contributed by atoms with Gasteiger partial charge >= 0.3 is 5.63 Å². The Morgan fingerprint density at radius 3 is 2.38 bits per heavy atom. The molecule has 0 saturated heterocycles. The fourth-order valence-corrected chi connectivity index (χ4v) is 2.83. The molecule has 26 heavy (non-hydrogen) atoms. The van der Waals surface area contributed by atoms with Gasteiger partial charge in [0, 0.05) is 38.3 Å². The number of benzene rings is 2. The maximum Gasteiger partial charge on any atom is 0.349 e. The summed E-state index contributed by atoms with van der Waals surface area (Å²) >= 11 is 0. The van der Waals surface area contributed by atoms with Crippen molar-refractivity contribution >= 4 is 22.6 Å². The van der Waals surface area contributed by atoms with Crippen molar-refractivity contribution in [3.8, 4) is 0 Å². The topological polar surface area (TPSA) is 53.8 Å². The Kier molecular flexibility index (Phi) is 5.07. The van der Waals surface area contributed by atoms with E-state index < -0.39 is 5.63 Å². The number of rotatable bonds is 5. The lowest BCUT2D eigenvalue weighted by atomic mass is 10.1. The number of anilines is 1. The van der Waals surface area contributed by atoms with Crippen LogP contribution in [0.4, 0.5) is 5.69 Å². The minimum absolute atomic E-state index is 0.0652. The van der Waals surface area contributed by atoms with Crippen LogP contribution in [0.5, 0.6) is 0 Å². The maximum atomic E-state index is 12.9. The molecule has 0 bridgehead atoms. The molecule has 134 valence electrons. The summed E-state index contributed by atoms with van der Waals surface area (Å²) in [5.41, 5.74) is 2.05. The molecule has 1 heterocycles. The third kappa shape index (κ3) is 3.61. The number of fused-ring (bicyclic) bond motifs is 1. The summed E-state index contributed by atoms with van der Waals surface area (Å²) in [6.07, 6.45) is 0. The molecular weight excluding hydrogens is 328 g/mol. The van der Waals surface area contributed by atoms with Crippen LogP contribution in [0, 0.1) is 0 Å². The van der Waals surface area contributed by atoms with Crippen LogP contribution in [0.2, 0.25) is 0 Å². The number of carbonyl (C=O) groups excluding carboxylic acids is 1. The standard InChI is InChI=1S/C21H22N2O3/c1-4-23(14-15-9-11-17(12-10-15)22(2)3)20(24)18-13-16-7-5-6-8-19(16)26-21(18)25/h5-13H,4,14H2,1-3H3. The highest BCUT2D eigenvalue weighted by atomic mass is 16.4. The van der Waals surface area contributed by atoms with E-state index in [1.165, 1.54) is 0 Å². The predicted octanol–water partition coefficient (Wildman–Crippen LogP) is 3.52. The summed E-state index contributed by atoms with van der Waals surface area (Å²) in [5.74, 6) is -0.316. The Labute approximate surface area is 152 Å². The lowest BCUT2D eigenvalue weighted by Crippen LogP contribution is -2.33. The van der Waals surface area contributed by atoms with Gasteiger partial charge < -0.3 is 14.2 Å². The molecule has 1 aromatic heterocycles. The first-order chi connectivity index (χ1) is 12.5. The summed E-state index contributed by atoms with van der Waals surface area (Å²) < 4.78 is 5.29. The highest BCUT2D eigenvalue weighted by Gasteiger charge is 2.19. The van der Waals surface area contributed by atoms with E-state index in [0.717, 1.165) is 16.6 Å². The molecule has 0 aliphatic carbocycles. The molecule has 0 N–H and O–H groups in total. The highest BCUT2D eigenvalue weighted by molar-refractivity contribution is 5.96. The molecule has 0 spiro atoms. The zero-order chi connectivity index (χ0) is 18.7. The number of carbonyl (C=O) groups is 1. The van der Waals surface area contributed by atoms with E-state index >= 15 is 0 Å². The maximum absolute atomic E-state index is 12.9. The van der Waals surface area contributed by atoms with E-state index in [9.17, 15) is 9.59 Å². The molecule has 0 unspecified atom stereocenters. The molecule has 2 aromatic carbocycles. The minimum Gasteiger partial charge on any atom is -0.422 e. The molecule has 0 saturated carbocycles. The Bertz CT molecular complexity index is 974. The zero-order valence-electron chi connectivity index (χ0n) is 15.2. The lowest BCUT2D eigenvalue weighted by Gasteiger charge is -2.21. The first kappa shape index (κ1) is 17.7. The quantitative estimate of drug-likeness (QED) is 0.661. The van der Waals surface area contributed by atoms with E-state index in [-0.39, 0.29) is 11.5 Å². The first-order valence-corrected chi connectivity index (χ1v) is 8.58. The summed E-state index contributed by atoms with van der Waals surface area (Å²) in [5, 5.41) is 0.738. The molecular formula is C21H22N2O3. The van der Waals surface area contributed by atoms with Crippen molar-refractivity contribution in [2.75, 3.05) is 25.5 Å². The van der Waals surface area contributed by atoms with Crippen LogP contribution in [0.1, 0.15) is 22.8 Å². The normalized spacial score (nSPS) is 10.7.